The Morgan fingerprint density at radius 3 is 2.70 bits per heavy atom. The molecule has 2 aromatic carbocycles. The van der Waals surface area contributed by atoms with Gasteiger partial charge in [0.1, 0.15) is 17.2 Å². The highest BCUT2D eigenvalue weighted by atomic mass is 79.9. The monoisotopic (exact) mass is 353 g/mol. The van der Waals surface area contributed by atoms with Gasteiger partial charge in [0.2, 0.25) is 0 Å². The zero-order chi connectivity index (χ0) is 14.7. The predicted molar refractivity (Wildman–Crippen MR) is 85.6 cm³/mol. The molecule has 0 aromatic heterocycles. The number of aliphatic imine (C=N–C) groups is 1. The van der Waals surface area contributed by atoms with Crippen LogP contribution in [0.1, 0.15) is 18.1 Å². The van der Waals surface area contributed by atoms with Gasteiger partial charge in [-0.05, 0) is 36.2 Å². The number of aromatic hydroxyl groups is 2. The van der Waals surface area contributed by atoms with Crippen molar-refractivity contribution in [3.05, 3.63) is 51.0 Å². The molecule has 2 aromatic rings. The van der Waals surface area contributed by atoms with E-state index in [9.17, 15) is 10.2 Å². The molecule has 0 amide bonds. The van der Waals surface area contributed by atoms with Gasteiger partial charge < -0.3 is 10.2 Å². The second-order valence-corrected chi connectivity index (χ2v) is 5.58. The van der Waals surface area contributed by atoms with E-state index in [-0.39, 0.29) is 16.5 Å². The van der Waals surface area contributed by atoms with Crippen LogP contribution in [0.3, 0.4) is 0 Å². The van der Waals surface area contributed by atoms with Gasteiger partial charge in [0.05, 0.1) is 5.02 Å². The fourth-order valence-corrected chi connectivity index (χ4v) is 2.55. The lowest BCUT2D eigenvalue weighted by molar-refractivity contribution is 0.474. The molecule has 0 saturated heterocycles. The lowest BCUT2D eigenvalue weighted by Crippen LogP contribution is -1.85. The molecule has 0 unspecified atom stereocenters. The smallest absolute Gasteiger partial charge is 0.143 e. The number of hydrogen-bond donors (Lipinski definition) is 2. The molecular weight excluding hydrogens is 342 g/mol. The third-order valence-corrected chi connectivity index (χ3v) is 3.59. The van der Waals surface area contributed by atoms with E-state index in [1.807, 2.05) is 19.1 Å². The SMILES string of the molecule is CCc1ccc(O)c(N=Cc2cc(Br)cc(Cl)c2O)c1. The highest BCUT2D eigenvalue weighted by molar-refractivity contribution is 9.10. The Morgan fingerprint density at radius 2 is 2.00 bits per heavy atom. The fraction of sp³-hybridized carbons (Fsp3) is 0.133. The third-order valence-electron chi connectivity index (χ3n) is 2.85. The van der Waals surface area contributed by atoms with Crippen molar-refractivity contribution >= 4 is 39.4 Å². The van der Waals surface area contributed by atoms with Crippen LogP contribution < -0.4 is 0 Å². The van der Waals surface area contributed by atoms with E-state index in [0.717, 1.165) is 16.5 Å². The Balaban J connectivity index is 2.39. The van der Waals surface area contributed by atoms with Crippen LogP contribution >= 0.6 is 27.5 Å². The normalized spacial score (nSPS) is 11.2. The van der Waals surface area contributed by atoms with Crippen molar-refractivity contribution in [1.82, 2.24) is 0 Å². The van der Waals surface area contributed by atoms with Crippen LogP contribution in [0.5, 0.6) is 11.5 Å². The van der Waals surface area contributed by atoms with E-state index in [0.29, 0.717) is 11.3 Å². The Hall–Kier alpha value is -1.52. The molecule has 2 rings (SSSR count). The molecule has 0 aliphatic heterocycles. The quantitative estimate of drug-likeness (QED) is 0.776. The first-order valence-corrected chi connectivity index (χ1v) is 7.22. The van der Waals surface area contributed by atoms with Gasteiger partial charge >= 0.3 is 0 Å². The van der Waals surface area contributed by atoms with E-state index < -0.39 is 0 Å². The lowest BCUT2D eigenvalue weighted by atomic mass is 10.1. The van der Waals surface area contributed by atoms with Crippen molar-refractivity contribution in [3.8, 4) is 11.5 Å². The first kappa shape index (κ1) is 14.9. The van der Waals surface area contributed by atoms with Crippen LogP contribution in [0, 0.1) is 0 Å². The maximum absolute atomic E-state index is 9.86. The van der Waals surface area contributed by atoms with Crippen LogP contribution in [0.4, 0.5) is 5.69 Å². The maximum atomic E-state index is 9.86. The number of rotatable bonds is 3. The van der Waals surface area contributed by atoms with Gasteiger partial charge in [0, 0.05) is 16.3 Å². The molecule has 0 radical (unpaired) electrons. The number of halogens is 2. The van der Waals surface area contributed by atoms with Gasteiger partial charge in [0.25, 0.3) is 0 Å². The molecule has 0 fully saturated rings. The van der Waals surface area contributed by atoms with Gasteiger partial charge in [-0.2, -0.15) is 0 Å². The summed E-state index contributed by atoms with van der Waals surface area (Å²) in [4.78, 5) is 4.21. The molecule has 3 nitrogen and oxygen atoms in total. The summed E-state index contributed by atoms with van der Waals surface area (Å²) in [6.45, 7) is 2.03. The number of nitrogens with zero attached hydrogens (tertiary/aromatic N) is 1. The van der Waals surface area contributed by atoms with Gasteiger partial charge in [-0.1, -0.05) is 40.5 Å². The topological polar surface area (TPSA) is 52.8 Å². The van der Waals surface area contributed by atoms with E-state index in [4.69, 9.17) is 11.6 Å². The highest BCUT2D eigenvalue weighted by Crippen LogP contribution is 2.32. The summed E-state index contributed by atoms with van der Waals surface area (Å²) in [7, 11) is 0. The molecule has 20 heavy (non-hydrogen) atoms. The minimum atomic E-state index is -0.0373. The molecule has 104 valence electrons. The summed E-state index contributed by atoms with van der Waals surface area (Å²) in [5.41, 5.74) is 2.01. The van der Waals surface area contributed by atoms with Crippen molar-refractivity contribution in [2.45, 2.75) is 13.3 Å². The first-order chi connectivity index (χ1) is 9.51. The molecule has 0 saturated carbocycles. The summed E-state index contributed by atoms with van der Waals surface area (Å²) < 4.78 is 0.744. The lowest BCUT2D eigenvalue weighted by Gasteiger charge is -2.04. The Labute approximate surface area is 130 Å². The van der Waals surface area contributed by atoms with E-state index in [2.05, 4.69) is 20.9 Å². The highest BCUT2D eigenvalue weighted by Gasteiger charge is 2.06. The van der Waals surface area contributed by atoms with Gasteiger partial charge in [-0.25, -0.2) is 0 Å². The molecule has 0 aliphatic rings. The van der Waals surface area contributed by atoms with Gasteiger partial charge in [-0.3, -0.25) is 4.99 Å². The van der Waals surface area contributed by atoms with Crippen molar-refractivity contribution in [2.75, 3.05) is 0 Å². The van der Waals surface area contributed by atoms with E-state index in [1.54, 1.807) is 18.2 Å². The second kappa shape index (κ2) is 6.29. The van der Waals surface area contributed by atoms with Crippen LogP contribution in [0.15, 0.2) is 39.8 Å². The summed E-state index contributed by atoms with van der Waals surface area (Å²) in [6, 6.07) is 8.57. The van der Waals surface area contributed by atoms with Crippen LogP contribution in [0.2, 0.25) is 5.02 Å². The largest absolute Gasteiger partial charge is 0.506 e. The molecule has 0 heterocycles. The average Bonchev–Trinajstić information content (AvgIpc) is 2.42. The molecule has 0 aliphatic carbocycles. The summed E-state index contributed by atoms with van der Waals surface area (Å²) in [5.74, 6) is 0.0591. The molecule has 0 spiro atoms. The summed E-state index contributed by atoms with van der Waals surface area (Å²) >= 11 is 9.19. The van der Waals surface area contributed by atoms with E-state index >= 15 is 0 Å². The number of phenolic OH excluding ortho intramolecular Hbond substituents is 2. The minimum absolute atomic E-state index is 0.0373. The summed E-state index contributed by atoms with van der Waals surface area (Å²) in [6.07, 6.45) is 2.33. The Bertz CT molecular complexity index is 671. The van der Waals surface area contributed by atoms with Crippen LogP contribution in [-0.4, -0.2) is 16.4 Å². The van der Waals surface area contributed by atoms with Crippen LogP contribution in [-0.2, 0) is 6.42 Å². The maximum Gasteiger partial charge on any atom is 0.143 e. The van der Waals surface area contributed by atoms with Crippen molar-refractivity contribution in [3.63, 3.8) is 0 Å². The Morgan fingerprint density at radius 1 is 1.25 bits per heavy atom. The predicted octanol–water partition coefficient (Wildman–Crippen LogP) is 4.83. The van der Waals surface area contributed by atoms with Gasteiger partial charge in [-0.15, -0.1) is 0 Å². The fourth-order valence-electron chi connectivity index (χ4n) is 1.72. The molecule has 0 bridgehead atoms. The number of aryl methyl sites for hydroxylation is 1. The molecular formula is C15H13BrClNO2. The number of hydrogen-bond acceptors (Lipinski definition) is 3. The number of phenols is 2. The average molecular weight is 355 g/mol. The zero-order valence-corrected chi connectivity index (χ0v) is 13.1. The van der Waals surface area contributed by atoms with Crippen LogP contribution in [0.25, 0.3) is 0 Å². The van der Waals surface area contributed by atoms with Crippen molar-refractivity contribution < 1.29 is 10.2 Å². The third kappa shape index (κ3) is 3.32. The molecule has 5 heteroatoms. The molecule has 0 atom stereocenters. The minimum Gasteiger partial charge on any atom is -0.506 e. The van der Waals surface area contributed by atoms with Crippen molar-refractivity contribution in [1.29, 1.82) is 0 Å². The van der Waals surface area contributed by atoms with Gasteiger partial charge in [0.15, 0.2) is 0 Å². The second-order valence-electron chi connectivity index (χ2n) is 4.26. The Kier molecular flexibility index (Phi) is 4.68. The standard InChI is InChI=1S/C15H13BrClNO2/c1-2-9-3-4-14(19)13(5-9)18-8-10-6-11(16)7-12(17)15(10)20/h3-8,19-20H,2H2,1H3. The van der Waals surface area contributed by atoms with Crippen molar-refractivity contribution in [2.24, 2.45) is 4.99 Å². The molecule has 2 N–H and O–H groups in total. The first-order valence-electron chi connectivity index (χ1n) is 6.05. The number of benzene rings is 2. The van der Waals surface area contributed by atoms with E-state index in [1.165, 1.54) is 6.21 Å². The zero-order valence-electron chi connectivity index (χ0n) is 10.8. The summed E-state index contributed by atoms with van der Waals surface area (Å²) in [5, 5.41) is 19.9.